The zero-order valence-electron chi connectivity index (χ0n) is 9.51. The Kier molecular flexibility index (Phi) is 3.55. The number of hydrogen-bond donors (Lipinski definition) is 3. The molecule has 1 aromatic heterocycles. The molecule has 0 aromatic carbocycles. The van der Waals surface area contributed by atoms with E-state index < -0.39 is 32.2 Å². The van der Waals surface area contributed by atoms with Crippen molar-refractivity contribution < 1.29 is 23.2 Å². The number of aromatic nitrogens is 2. The van der Waals surface area contributed by atoms with Gasteiger partial charge in [-0.2, -0.15) is 5.10 Å². The van der Waals surface area contributed by atoms with Crippen LogP contribution in [0.3, 0.4) is 0 Å². The van der Waals surface area contributed by atoms with Crippen LogP contribution < -0.4 is 4.89 Å². The van der Waals surface area contributed by atoms with Crippen molar-refractivity contribution in [1.82, 2.24) is 15.1 Å². The Bertz CT molecular complexity index is 514. The summed E-state index contributed by atoms with van der Waals surface area (Å²) in [5.41, 5.74) is -1.19. The lowest BCUT2D eigenvalue weighted by Gasteiger charge is -2.18. The molecule has 3 N–H and O–H groups in total. The van der Waals surface area contributed by atoms with E-state index in [1.54, 1.807) is 20.8 Å². The summed E-state index contributed by atoms with van der Waals surface area (Å²) in [5, 5.41) is 13.7. The smallest absolute Gasteiger partial charge is 0.340 e. The summed E-state index contributed by atoms with van der Waals surface area (Å²) in [5.74, 6) is -1.39. The fourth-order valence-corrected chi connectivity index (χ4v) is 1.90. The molecule has 0 bridgehead atoms. The molecule has 0 amide bonds. The summed E-state index contributed by atoms with van der Waals surface area (Å²) in [6, 6.07) is 0. The van der Waals surface area contributed by atoms with Gasteiger partial charge in [0.05, 0.1) is 11.8 Å². The zero-order chi connectivity index (χ0) is 13.3. The Morgan fingerprint density at radius 1 is 1.53 bits per heavy atom. The molecule has 0 saturated heterocycles. The maximum absolute atomic E-state index is 11.7. The van der Waals surface area contributed by atoms with Crippen LogP contribution in [0.4, 0.5) is 0 Å². The van der Waals surface area contributed by atoms with Crippen LogP contribution in [-0.4, -0.2) is 35.3 Å². The molecule has 0 saturated carbocycles. The minimum Gasteiger partial charge on any atom is -0.478 e. The van der Waals surface area contributed by atoms with Crippen molar-refractivity contribution in [3.8, 4) is 0 Å². The van der Waals surface area contributed by atoms with Gasteiger partial charge in [0.2, 0.25) is 0 Å². The highest BCUT2D eigenvalue weighted by molar-refractivity contribution is 7.89. The van der Waals surface area contributed by atoms with Crippen LogP contribution in [0, 0.1) is 0 Å². The Labute approximate surface area is 98.0 Å². The predicted molar refractivity (Wildman–Crippen MR) is 56.7 cm³/mol. The number of carbonyl (C=O) groups is 1. The first kappa shape index (κ1) is 13.6. The van der Waals surface area contributed by atoms with E-state index in [0.717, 1.165) is 6.20 Å². The Balaban J connectivity index is 2.98. The topological polar surface area (TPSA) is 121 Å². The Morgan fingerprint density at radius 3 is 2.59 bits per heavy atom. The molecule has 0 atom stereocenters. The van der Waals surface area contributed by atoms with Crippen molar-refractivity contribution in [1.29, 1.82) is 0 Å². The number of H-pyrrole nitrogens is 1. The van der Waals surface area contributed by atoms with Gasteiger partial charge in [0.1, 0.15) is 5.56 Å². The molecule has 8 nitrogen and oxygen atoms in total. The molecule has 9 heteroatoms. The van der Waals surface area contributed by atoms with E-state index in [-0.39, 0.29) is 0 Å². The summed E-state index contributed by atoms with van der Waals surface area (Å²) in [7, 11) is -4.10. The highest BCUT2D eigenvalue weighted by Gasteiger charge is 2.26. The van der Waals surface area contributed by atoms with E-state index in [0.29, 0.717) is 0 Å². The van der Waals surface area contributed by atoms with Crippen LogP contribution in [0.5, 0.6) is 0 Å². The summed E-state index contributed by atoms with van der Waals surface area (Å²) >= 11 is 0. The number of hydrogen-bond acceptors (Lipinski definition) is 5. The monoisotopic (exact) mass is 263 g/mol. The highest BCUT2D eigenvalue weighted by atomic mass is 32.2. The van der Waals surface area contributed by atoms with Gasteiger partial charge in [-0.1, -0.05) is 4.89 Å². The van der Waals surface area contributed by atoms with Gasteiger partial charge in [0.25, 0.3) is 10.0 Å². The van der Waals surface area contributed by atoms with E-state index in [2.05, 4.69) is 10.2 Å². The van der Waals surface area contributed by atoms with Crippen LogP contribution in [0.15, 0.2) is 11.2 Å². The predicted octanol–water partition coefficient (Wildman–Crippen LogP) is 0.116. The quantitative estimate of drug-likeness (QED) is 0.663. The normalized spacial score (nSPS) is 12.6. The van der Waals surface area contributed by atoms with Crippen LogP contribution in [0.2, 0.25) is 0 Å². The number of nitrogens with one attached hydrogen (secondary N) is 2. The Morgan fingerprint density at radius 2 is 2.12 bits per heavy atom. The minimum absolute atomic E-state index is 0.449. The number of carboxylic acid groups (broad SMARTS) is 1. The fraction of sp³-hybridized carbons (Fsp3) is 0.500. The van der Waals surface area contributed by atoms with E-state index >= 15 is 0 Å². The number of sulfonamides is 1. The third-order valence-corrected chi connectivity index (χ3v) is 2.71. The molecule has 1 aromatic rings. The minimum atomic E-state index is -4.10. The number of aromatic amines is 1. The third-order valence-electron chi connectivity index (χ3n) is 1.56. The first-order valence-corrected chi connectivity index (χ1v) is 6.08. The van der Waals surface area contributed by atoms with Gasteiger partial charge in [0, 0.05) is 0 Å². The van der Waals surface area contributed by atoms with Crippen molar-refractivity contribution >= 4 is 16.0 Å². The molecule has 0 radical (unpaired) electrons. The Hall–Kier alpha value is -1.45. The summed E-state index contributed by atoms with van der Waals surface area (Å²) in [6.45, 7) is 4.92. The molecule has 0 fully saturated rings. The molecule has 0 spiro atoms. The standard InChI is InChI=1S/C8H13N3O5S/c1-8(2,3)16-11-17(14,15)6-5(7(12)13)4-9-10-6/h4,11H,1-3H3,(H,9,10)(H,12,13). The number of nitrogens with zero attached hydrogens (tertiary/aromatic N) is 1. The second kappa shape index (κ2) is 4.43. The molecule has 0 aliphatic heterocycles. The first-order valence-electron chi connectivity index (χ1n) is 4.60. The number of aromatic carboxylic acids is 1. The SMILES string of the molecule is CC(C)(C)ONS(=O)(=O)c1[nH]ncc1C(=O)O. The largest absolute Gasteiger partial charge is 0.478 e. The van der Waals surface area contributed by atoms with E-state index in [1.165, 1.54) is 0 Å². The number of carboxylic acids is 1. The van der Waals surface area contributed by atoms with Gasteiger partial charge < -0.3 is 5.11 Å². The van der Waals surface area contributed by atoms with Crippen LogP contribution >= 0.6 is 0 Å². The lowest BCUT2D eigenvalue weighted by molar-refractivity contribution is -0.0358. The van der Waals surface area contributed by atoms with Crippen molar-refractivity contribution in [3.63, 3.8) is 0 Å². The van der Waals surface area contributed by atoms with Gasteiger partial charge in [0.15, 0.2) is 5.03 Å². The third kappa shape index (κ3) is 3.51. The van der Waals surface area contributed by atoms with E-state index in [1.807, 2.05) is 4.89 Å². The van der Waals surface area contributed by atoms with Crippen LogP contribution in [0.25, 0.3) is 0 Å². The van der Waals surface area contributed by atoms with Crippen molar-refractivity contribution in [2.45, 2.75) is 31.4 Å². The molecule has 0 aliphatic rings. The molecule has 1 heterocycles. The second-order valence-electron chi connectivity index (χ2n) is 4.22. The maximum atomic E-state index is 11.7. The highest BCUT2D eigenvalue weighted by Crippen LogP contribution is 2.13. The second-order valence-corrected chi connectivity index (χ2v) is 5.80. The summed E-state index contributed by atoms with van der Waals surface area (Å²) < 4.78 is 23.4. The first-order chi connectivity index (χ1) is 7.63. The molecular formula is C8H13N3O5S. The molecule has 0 unspecified atom stereocenters. The molecule has 1 rings (SSSR count). The van der Waals surface area contributed by atoms with Gasteiger partial charge in [-0.05, 0) is 20.8 Å². The maximum Gasteiger partial charge on any atom is 0.340 e. The summed E-state index contributed by atoms with van der Waals surface area (Å²) in [6.07, 6.45) is 0.911. The molecular weight excluding hydrogens is 250 g/mol. The zero-order valence-corrected chi connectivity index (χ0v) is 10.3. The number of rotatable bonds is 4. The van der Waals surface area contributed by atoms with Gasteiger partial charge >= 0.3 is 5.97 Å². The van der Waals surface area contributed by atoms with Crippen molar-refractivity contribution in [2.24, 2.45) is 0 Å². The van der Waals surface area contributed by atoms with Crippen LogP contribution in [-0.2, 0) is 14.9 Å². The average molecular weight is 263 g/mol. The van der Waals surface area contributed by atoms with E-state index in [9.17, 15) is 13.2 Å². The average Bonchev–Trinajstić information content (AvgIpc) is 2.62. The lowest BCUT2D eigenvalue weighted by atomic mass is 10.2. The molecule has 17 heavy (non-hydrogen) atoms. The lowest BCUT2D eigenvalue weighted by Crippen LogP contribution is -2.34. The van der Waals surface area contributed by atoms with Crippen LogP contribution in [0.1, 0.15) is 31.1 Å². The summed E-state index contributed by atoms with van der Waals surface area (Å²) in [4.78, 5) is 17.4. The van der Waals surface area contributed by atoms with E-state index in [4.69, 9.17) is 9.94 Å². The van der Waals surface area contributed by atoms with Gasteiger partial charge in [-0.15, -0.1) is 0 Å². The van der Waals surface area contributed by atoms with Gasteiger partial charge in [-0.25, -0.2) is 13.2 Å². The molecule has 96 valence electrons. The van der Waals surface area contributed by atoms with Crippen molar-refractivity contribution in [3.05, 3.63) is 11.8 Å². The van der Waals surface area contributed by atoms with Crippen molar-refractivity contribution in [2.75, 3.05) is 0 Å². The fourth-order valence-electron chi connectivity index (χ4n) is 0.853. The molecule has 0 aliphatic carbocycles. The van der Waals surface area contributed by atoms with Gasteiger partial charge in [-0.3, -0.25) is 9.94 Å².